The summed E-state index contributed by atoms with van der Waals surface area (Å²) in [6.07, 6.45) is -0.265. The normalized spacial score (nSPS) is 12.5. The van der Waals surface area contributed by atoms with Gasteiger partial charge < -0.3 is 21.5 Å². The van der Waals surface area contributed by atoms with Crippen molar-refractivity contribution in [3.63, 3.8) is 0 Å². The van der Waals surface area contributed by atoms with Crippen molar-refractivity contribution in [3.05, 3.63) is 24.3 Å². The number of carbonyl (C=O) groups excluding carboxylic acids is 2. The van der Waals surface area contributed by atoms with Gasteiger partial charge in [0.05, 0.1) is 13.0 Å². The number of benzene rings is 1. The molecule has 0 aliphatic carbocycles. The van der Waals surface area contributed by atoms with Crippen LogP contribution in [0.3, 0.4) is 0 Å². The fraction of sp³-hybridized carbons (Fsp3) is 0.333. The number of thioether (sulfide) groups is 1. The predicted octanol–water partition coefficient (Wildman–Crippen LogP) is 1.50. The molecule has 24 heavy (non-hydrogen) atoms. The van der Waals surface area contributed by atoms with E-state index in [-0.39, 0.29) is 24.7 Å². The van der Waals surface area contributed by atoms with E-state index in [0.717, 1.165) is 17.5 Å². The average Bonchev–Trinajstić information content (AvgIpc) is 2.98. The summed E-state index contributed by atoms with van der Waals surface area (Å²) in [5.74, 6) is -0.463. The van der Waals surface area contributed by atoms with Crippen LogP contribution in [0.25, 0.3) is 0 Å². The van der Waals surface area contributed by atoms with Crippen LogP contribution < -0.4 is 16.4 Å². The van der Waals surface area contributed by atoms with Crippen LogP contribution in [-0.4, -0.2) is 40.4 Å². The molecule has 1 heterocycles. The molecule has 0 atom stereocenters. The predicted molar refractivity (Wildman–Crippen MR) is 95.2 cm³/mol. The van der Waals surface area contributed by atoms with Crippen molar-refractivity contribution >= 4 is 46.1 Å². The Balaban J connectivity index is 0.000000400. The molecule has 0 unspecified atom stereocenters. The van der Waals surface area contributed by atoms with Gasteiger partial charge in [-0.05, 0) is 24.3 Å². The number of aliphatic carboxylic acids is 1. The number of carboxylic acids is 1. The van der Waals surface area contributed by atoms with Gasteiger partial charge in [0.2, 0.25) is 11.8 Å². The van der Waals surface area contributed by atoms with Crippen molar-refractivity contribution in [1.29, 1.82) is 0 Å². The Kier molecular flexibility index (Phi) is 8.34. The first-order chi connectivity index (χ1) is 11.4. The van der Waals surface area contributed by atoms with E-state index < -0.39 is 5.97 Å². The van der Waals surface area contributed by atoms with Gasteiger partial charge in [-0.25, -0.2) is 0 Å². The van der Waals surface area contributed by atoms with Gasteiger partial charge in [0, 0.05) is 30.5 Å². The van der Waals surface area contributed by atoms with E-state index in [1.54, 1.807) is 36.0 Å². The van der Waals surface area contributed by atoms with Crippen molar-refractivity contribution < 1.29 is 19.5 Å². The third-order valence-corrected chi connectivity index (χ3v) is 3.48. The number of anilines is 2. The Morgan fingerprint density at radius 1 is 1.17 bits per heavy atom. The van der Waals surface area contributed by atoms with E-state index in [9.17, 15) is 14.4 Å². The summed E-state index contributed by atoms with van der Waals surface area (Å²) in [6, 6.07) is 6.55. The maximum atomic E-state index is 11.3. The first kappa shape index (κ1) is 19.5. The van der Waals surface area contributed by atoms with Gasteiger partial charge in [-0.15, -0.1) is 0 Å². The number of carbonyl (C=O) groups is 3. The Morgan fingerprint density at radius 3 is 2.12 bits per heavy atom. The summed E-state index contributed by atoms with van der Waals surface area (Å²) in [7, 11) is 0. The van der Waals surface area contributed by atoms with Gasteiger partial charge in [-0.2, -0.15) is 0 Å². The monoisotopic (exact) mass is 352 g/mol. The zero-order chi connectivity index (χ0) is 17.9. The van der Waals surface area contributed by atoms with Crippen LogP contribution in [0.4, 0.5) is 11.4 Å². The van der Waals surface area contributed by atoms with Crippen LogP contribution in [0.5, 0.6) is 0 Å². The van der Waals surface area contributed by atoms with E-state index in [2.05, 4.69) is 15.6 Å². The van der Waals surface area contributed by atoms with Crippen molar-refractivity contribution in [1.82, 2.24) is 0 Å². The van der Waals surface area contributed by atoms with Gasteiger partial charge in [-0.3, -0.25) is 19.4 Å². The molecule has 0 aromatic heterocycles. The lowest BCUT2D eigenvalue weighted by atomic mass is 10.2. The van der Waals surface area contributed by atoms with E-state index in [1.807, 2.05) is 0 Å². The summed E-state index contributed by atoms with van der Waals surface area (Å²) in [5, 5.41) is 14.3. The lowest BCUT2D eigenvalue weighted by Gasteiger charge is -2.06. The van der Waals surface area contributed by atoms with E-state index in [0.29, 0.717) is 11.4 Å². The molecule has 0 saturated carbocycles. The third-order valence-electron chi connectivity index (χ3n) is 2.66. The molecular formula is C15H20N4O4S. The van der Waals surface area contributed by atoms with Crippen LogP contribution >= 0.6 is 11.8 Å². The SMILES string of the molecule is CC(=O)Nc1ccc(NC(=O)CCC(=O)O)cc1.NC1=NCCS1. The van der Waals surface area contributed by atoms with Crippen molar-refractivity contribution in [2.45, 2.75) is 19.8 Å². The molecule has 1 aromatic rings. The number of amides is 2. The van der Waals surface area contributed by atoms with E-state index >= 15 is 0 Å². The molecule has 0 fully saturated rings. The highest BCUT2D eigenvalue weighted by molar-refractivity contribution is 8.14. The van der Waals surface area contributed by atoms with Gasteiger partial charge >= 0.3 is 5.97 Å². The topological polar surface area (TPSA) is 134 Å². The molecule has 0 spiro atoms. The van der Waals surface area contributed by atoms with Crippen LogP contribution in [0.2, 0.25) is 0 Å². The van der Waals surface area contributed by atoms with Gasteiger partial charge in [0.1, 0.15) is 0 Å². The maximum absolute atomic E-state index is 11.3. The molecule has 5 N–H and O–H groups in total. The van der Waals surface area contributed by atoms with Gasteiger partial charge in [-0.1, -0.05) is 11.8 Å². The second-order valence-corrected chi connectivity index (χ2v) is 5.88. The average molecular weight is 352 g/mol. The summed E-state index contributed by atoms with van der Waals surface area (Å²) in [4.78, 5) is 36.3. The van der Waals surface area contributed by atoms with E-state index in [4.69, 9.17) is 10.8 Å². The number of amidine groups is 1. The number of nitrogens with two attached hydrogens (primary N) is 1. The standard InChI is InChI=1S/C12H14N2O4.C3H6N2S/c1-8(15)13-9-2-4-10(5-3-9)14-11(16)6-7-12(17)18;4-3-5-1-2-6-3/h2-5H,6-7H2,1H3,(H,13,15)(H,14,16)(H,17,18);1-2H2,(H2,4,5). The minimum absolute atomic E-state index is 0.0667. The zero-order valence-electron chi connectivity index (χ0n) is 13.2. The largest absolute Gasteiger partial charge is 0.481 e. The lowest BCUT2D eigenvalue weighted by molar-refractivity contribution is -0.138. The first-order valence-corrected chi connectivity index (χ1v) is 8.17. The van der Waals surface area contributed by atoms with Gasteiger partial charge in [0.25, 0.3) is 0 Å². The summed E-state index contributed by atoms with van der Waals surface area (Å²) < 4.78 is 0. The number of carboxylic acid groups (broad SMARTS) is 1. The highest BCUT2D eigenvalue weighted by Crippen LogP contribution is 2.13. The number of nitrogens with one attached hydrogen (secondary N) is 2. The van der Waals surface area contributed by atoms with Crippen LogP contribution in [-0.2, 0) is 14.4 Å². The Bertz CT molecular complexity index is 616. The lowest BCUT2D eigenvalue weighted by Crippen LogP contribution is -2.13. The third kappa shape index (κ3) is 8.79. The van der Waals surface area contributed by atoms with Crippen LogP contribution in [0.15, 0.2) is 29.3 Å². The molecule has 1 aliphatic heterocycles. The van der Waals surface area contributed by atoms with Crippen molar-refractivity contribution in [2.24, 2.45) is 10.7 Å². The zero-order valence-corrected chi connectivity index (χ0v) is 14.1. The highest BCUT2D eigenvalue weighted by Gasteiger charge is 2.05. The molecule has 9 heteroatoms. The number of nitrogens with zero attached hydrogens (tertiary/aromatic N) is 1. The quantitative estimate of drug-likeness (QED) is 0.634. The Labute approximate surface area is 143 Å². The molecule has 1 aliphatic rings. The summed E-state index contributed by atoms with van der Waals surface area (Å²) in [5.41, 5.74) is 6.43. The molecule has 0 saturated heterocycles. The molecule has 0 bridgehead atoms. The smallest absolute Gasteiger partial charge is 0.303 e. The second-order valence-electron chi connectivity index (χ2n) is 4.77. The van der Waals surface area contributed by atoms with Crippen molar-refractivity contribution in [2.75, 3.05) is 22.9 Å². The molecule has 2 amide bonds. The number of rotatable bonds is 5. The molecule has 0 radical (unpaired) electrons. The minimum Gasteiger partial charge on any atom is -0.481 e. The molecular weight excluding hydrogens is 332 g/mol. The van der Waals surface area contributed by atoms with E-state index in [1.165, 1.54) is 6.92 Å². The minimum atomic E-state index is -1.01. The Morgan fingerprint density at radius 2 is 1.75 bits per heavy atom. The maximum Gasteiger partial charge on any atom is 0.303 e. The van der Waals surface area contributed by atoms with Gasteiger partial charge in [0.15, 0.2) is 5.17 Å². The molecule has 8 nitrogen and oxygen atoms in total. The number of aliphatic imine (C=N–C) groups is 1. The van der Waals surface area contributed by atoms with Crippen LogP contribution in [0, 0.1) is 0 Å². The first-order valence-electron chi connectivity index (χ1n) is 7.19. The van der Waals surface area contributed by atoms with Crippen LogP contribution in [0.1, 0.15) is 19.8 Å². The Hall–Kier alpha value is -2.55. The number of hydrogen-bond donors (Lipinski definition) is 4. The highest BCUT2D eigenvalue weighted by atomic mass is 32.2. The number of hydrogen-bond acceptors (Lipinski definition) is 6. The fourth-order valence-corrected chi connectivity index (χ4v) is 2.21. The second kappa shape index (κ2) is 10.3. The molecule has 1 aromatic carbocycles. The fourth-order valence-electron chi connectivity index (χ4n) is 1.64. The summed E-state index contributed by atoms with van der Waals surface area (Å²) in [6.45, 7) is 2.32. The molecule has 2 rings (SSSR count). The molecule has 130 valence electrons. The summed E-state index contributed by atoms with van der Waals surface area (Å²) >= 11 is 1.62. The van der Waals surface area contributed by atoms with Crippen molar-refractivity contribution in [3.8, 4) is 0 Å².